The van der Waals surface area contributed by atoms with Crippen molar-refractivity contribution in [3.63, 3.8) is 0 Å². The minimum absolute atomic E-state index is 0.0354. The zero-order valence-corrected chi connectivity index (χ0v) is 17.4. The maximum Gasteiger partial charge on any atom is 0.410 e. The summed E-state index contributed by atoms with van der Waals surface area (Å²) in [5, 5.41) is 2.51. The van der Waals surface area contributed by atoms with Gasteiger partial charge in [-0.1, -0.05) is 5.92 Å². The maximum absolute atomic E-state index is 12.3. The molecule has 8 nitrogen and oxygen atoms in total. The van der Waals surface area contributed by atoms with Crippen molar-refractivity contribution >= 4 is 40.6 Å². The summed E-state index contributed by atoms with van der Waals surface area (Å²) >= 11 is 2.75. The second-order valence-corrected chi connectivity index (χ2v) is 8.59. The molecule has 0 spiro atoms. The highest BCUT2D eigenvalue weighted by atomic mass is 32.1. The number of thiophene rings is 1. The van der Waals surface area contributed by atoms with Gasteiger partial charge in [0.25, 0.3) is 11.8 Å². The molecule has 10 heteroatoms. The first-order chi connectivity index (χ1) is 14.0. The predicted molar refractivity (Wildman–Crippen MR) is 110 cm³/mol. The number of nitrogens with zero attached hydrogens (tertiary/aromatic N) is 2. The number of thiazole rings is 1. The van der Waals surface area contributed by atoms with Gasteiger partial charge >= 0.3 is 6.09 Å². The van der Waals surface area contributed by atoms with Crippen LogP contribution in [-0.4, -0.2) is 47.5 Å². The number of terminal acetylenes is 1. The molecule has 1 fully saturated rings. The molecule has 0 radical (unpaired) electrons. The number of rotatable bonds is 4. The number of aromatic nitrogens is 1. The highest BCUT2D eigenvalue weighted by molar-refractivity contribution is 7.14. The molecule has 0 saturated carbocycles. The van der Waals surface area contributed by atoms with Crippen molar-refractivity contribution in [2.45, 2.75) is 25.7 Å². The molecule has 2 aromatic heterocycles. The van der Waals surface area contributed by atoms with Crippen LogP contribution in [0.2, 0.25) is 0 Å². The van der Waals surface area contributed by atoms with E-state index in [-0.39, 0.29) is 24.1 Å². The van der Waals surface area contributed by atoms with Crippen LogP contribution < -0.4 is 10.9 Å². The van der Waals surface area contributed by atoms with Crippen LogP contribution in [0.4, 0.5) is 4.79 Å². The Balaban J connectivity index is 1.49. The molecule has 3 rings (SSSR count). The SMILES string of the molecule is C#CCOC(=O)N1CCC(c2nc(C(=O)NNC(=O)c3ccc(C)s3)cs2)CC1. The number of hydrazine groups is 1. The summed E-state index contributed by atoms with van der Waals surface area (Å²) < 4.78 is 4.94. The van der Waals surface area contributed by atoms with Gasteiger partial charge in [-0.3, -0.25) is 20.4 Å². The average Bonchev–Trinajstić information content (AvgIpc) is 3.39. The first kappa shape index (κ1) is 20.8. The molecule has 3 heterocycles. The molecule has 0 aromatic carbocycles. The summed E-state index contributed by atoms with van der Waals surface area (Å²) in [6, 6.07) is 3.55. The smallest absolute Gasteiger partial charge is 0.410 e. The van der Waals surface area contributed by atoms with E-state index in [2.05, 4.69) is 21.8 Å². The van der Waals surface area contributed by atoms with Crippen LogP contribution in [0, 0.1) is 19.3 Å². The molecule has 0 atom stereocenters. The number of ether oxygens (including phenoxy) is 1. The Morgan fingerprint density at radius 3 is 2.66 bits per heavy atom. The number of likely N-dealkylation sites (tertiary alicyclic amines) is 1. The molecule has 3 amide bonds. The van der Waals surface area contributed by atoms with Gasteiger partial charge in [0.15, 0.2) is 6.61 Å². The van der Waals surface area contributed by atoms with Crippen molar-refractivity contribution in [2.24, 2.45) is 0 Å². The first-order valence-corrected chi connectivity index (χ1v) is 10.6. The van der Waals surface area contributed by atoms with Gasteiger partial charge in [-0.15, -0.1) is 29.1 Å². The number of hydrogen-bond donors (Lipinski definition) is 2. The van der Waals surface area contributed by atoms with E-state index >= 15 is 0 Å². The van der Waals surface area contributed by atoms with Gasteiger partial charge in [-0.25, -0.2) is 9.78 Å². The summed E-state index contributed by atoms with van der Waals surface area (Å²) in [6.07, 6.45) is 6.15. The van der Waals surface area contributed by atoms with Crippen molar-refractivity contribution in [2.75, 3.05) is 19.7 Å². The third kappa shape index (κ3) is 5.34. The van der Waals surface area contributed by atoms with Gasteiger partial charge in [0.2, 0.25) is 0 Å². The molecule has 0 aliphatic carbocycles. The third-order valence-electron chi connectivity index (χ3n) is 4.39. The minimum atomic E-state index is -0.468. The monoisotopic (exact) mass is 432 g/mol. The van der Waals surface area contributed by atoms with E-state index in [4.69, 9.17) is 11.2 Å². The lowest BCUT2D eigenvalue weighted by Crippen LogP contribution is -2.41. The number of amides is 3. The zero-order chi connectivity index (χ0) is 20.8. The van der Waals surface area contributed by atoms with E-state index in [0.29, 0.717) is 18.0 Å². The van der Waals surface area contributed by atoms with E-state index in [1.165, 1.54) is 22.7 Å². The fourth-order valence-electron chi connectivity index (χ4n) is 2.88. The Hall–Kier alpha value is -2.90. The number of carbonyl (C=O) groups excluding carboxylic acids is 3. The van der Waals surface area contributed by atoms with Crippen LogP contribution in [0.1, 0.15) is 48.8 Å². The zero-order valence-electron chi connectivity index (χ0n) is 15.8. The van der Waals surface area contributed by atoms with Gasteiger partial charge in [-0.2, -0.15) is 0 Å². The molecular weight excluding hydrogens is 412 g/mol. The van der Waals surface area contributed by atoms with E-state index in [1.807, 2.05) is 13.0 Å². The lowest BCUT2D eigenvalue weighted by atomic mass is 9.98. The summed E-state index contributed by atoms with van der Waals surface area (Å²) in [6.45, 7) is 2.96. The van der Waals surface area contributed by atoms with E-state index < -0.39 is 12.0 Å². The Labute approximate surface area is 176 Å². The number of carbonyl (C=O) groups is 3. The topological polar surface area (TPSA) is 101 Å². The summed E-state index contributed by atoms with van der Waals surface area (Å²) in [5.41, 5.74) is 5.04. The second kappa shape index (κ2) is 9.54. The Morgan fingerprint density at radius 2 is 2.00 bits per heavy atom. The van der Waals surface area contributed by atoms with Gasteiger partial charge < -0.3 is 9.64 Å². The average molecular weight is 433 g/mol. The summed E-state index contributed by atoms with van der Waals surface area (Å²) in [4.78, 5) is 43.7. The van der Waals surface area contributed by atoms with Crippen molar-refractivity contribution in [3.05, 3.63) is 38.0 Å². The van der Waals surface area contributed by atoms with E-state index in [1.54, 1.807) is 16.3 Å². The largest absolute Gasteiger partial charge is 0.436 e. The fraction of sp³-hybridized carbons (Fsp3) is 0.368. The van der Waals surface area contributed by atoms with Crippen LogP contribution in [0.3, 0.4) is 0 Å². The van der Waals surface area contributed by atoms with Crippen LogP contribution in [0.15, 0.2) is 17.5 Å². The molecule has 2 aromatic rings. The van der Waals surface area contributed by atoms with E-state index in [9.17, 15) is 14.4 Å². The molecule has 29 heavy (non-hydrogen) atoms. The van der Waals surface area contributed by atoms with Gasteiger partial charge in [0.05, 0.1) is 9.88 Å². The standard InChI is InChI=1S/C19H20N4O4S2/c1-3-10-27-19(26)23-8-6-13(7-9-23)18-20-14(11-28-18)16(24)21-22-17(25)15-5-4-12(2)29-15/h1,4-5,11,13H,6-10H2,2H3,(H,21,24)(H,22,25). The molecule has 0 unspecified atom stereocenters. The number of hydrogen-bond acceptors (Lipinski definition) is 7. The third-order valence-corrected chi connectivity index (χ3v) is 6.40. The normalized spacial score (nSPS) is 14.1. The van der Waals surface area contributed by atoms with Gasteiger partial charge in [0.1, 0.15) is 5.69 Å². The molecule has 1 aliphatic rings. The van der Waals surface area contributed by atoms with Crippen molar-refractivity contribution in [3.8, 4) is 12.3 Å². The molecule has 2 N–H and O–H groups in total. The number of aryl methyl sites for hydroxylation is 1. The molecule has 152 valence electrons. The van der Waals surface area contributed by atoms with Crippen molar-refractivity contribution in [1.29, 1.82) is 0 Å². The number of piperidine rings is 1. The highest BCUT2D eigenvalue weighted by Gasteiger charge is 2.27. The molecule has 0 bridgehead atoms. The van der Waals surface area contributed by atoms with Gasteiger partial charge in [-0.05, 0) is 31.9 Å². The molecular formula is C19H20N4O4S2. The Bertz CT molecular complexity index is 938. The number of nitrogens with one attached hydrogen (secondary N) is 2. The van der Waals surface area contributed by atoms with Crippen molar-refractivity contribution < 1.29 is 19.1 Å². The van der Waals surface area contributed by atoms with Crippen molar-refractivity contribution in [1.82, 2.24) is 20.7 Å². The summed E-state index contributed by atoms with van der Waals surface area (Å²) in [5.74, 6) is 1.61. The fourth-order valence-corrected chi connectivity index (χ4v) is 4.61. The lowest BCUT2D eigenvalue weighted by molar-refractivity contribution is 0.0846. The van der Waals surface area contributed by atoms with Crippen LogP contribution in [-0.2, 0) is 4.74 Å². The highest BCUT2D eigenvalue weighted by Crippen LogP contribution is 2.30. The first-order valence-electron chi connectivity index (χ1n) is 8.95. The quantitative estimate of drug-likeness (QED) is 0.571. The Kier molecular flexibility index (Phi) is 6.85. The Morgan fingerprint density at radius 1 is 1.28 bits per heavy atom. The van der Waals surface area contributed by atoms with Gasteiger partial charge in [0, 0.05) is 29.3 Å². The van der Waals surface area contributed by atoms with Crippen LogP contribution in [0.25, 0.3) is 0 Å². The lowest BCUT2D eigenvalue weighted by Gasteiger charge is -2.30. The minimum Gasteiger partial charge on any atom is -0.436 e. The van der Waals surface area contributed by atoms with Crippen LogP contribution >= 0.6 is 22.7 Å². The maximum atomic E-state index is 12.3. The predicted octanol–water partition coefficient (Wildman–Crippen LogP) is 2.54. The van der Waals surface area contributed by atoms with E-state index in [0.717, 1.165) is 22.7 Å². The summed E-state index contributed by atoms with van der Waals surface area (Å²) in [7, 11) is 0. The second-order valence-electron chi connectivity index (χ2n) is 6.41. The molecule has 1 saturated heterocycles. The molecule has 1 aliphatic heterocycles. The van der Waals surface area contributed by atoms with Crippen LogP contribution in [0.5, 0.6) is 0 Å².